The van der Waals surface area contributed by atoms with Crippen LogP contribution in [0.25, 0.3) is 11.0 Å². The Balaban J connectivity index is 1.84. The van der Waals surface area contributed by atoms with Crippen molar-refractivity contribution in [2.45, 2.75) is 25.3 Å². The van der Waals surface area contributed by atoms with Crippen molar-refractivity contribution in [2.24, 2.45) is 0 Å². The summed E-state index contributed by atoms with van der Waals surface area (Å²) >= 11 is 0. The predicted molar refractivity (Wildman–Crippen MR) is 96.6 cm³/mol. The van der Waals surface area contributed by atoms with E-state index in [1.165, 1.54) is 12.8 Å². The number of nitrogens with one attached hydrogen (secondary N) is 2. The Kier molecular flexibility index (Phi) is 3.69. The van der Waals surface area contributed by atoms with E-state index in [1.807, 2.05) is 30.3 Å². The molecule has 0 aliphatic heterocycles. The van der Waals surface area contributed by atoms with Crippen molar-refractivity contribution in [3.8, 4) is 0 Å². The molecule has 1 saturated carbocycles. The number of rotatable bonds is 6. The fourth-order valence-corrected chi connectivity index (χ4v) is 2.98. The molecule has 0 atom stereocenters. The van der Waals surface area contributed by atoms with Gasteiger partial charge in [-0.25, -0.2) is 9.78 Å². The van der Waals surface area contributed by atoms with Crippen molar-refractivity contribution in [1.29, 1.82) is 0 Å². The van der Waals surface area contributed by atoms with Crippen molar-refractivity contribution in [2.75, 3.05) is 11.9 Å². The number of anilines is 1. The van der Waals surface area contributed by atoms with Gasteiger partial charge in [0, 0.05) is 18.2 Å². The monoisotopic (exact) mass is 320 g/mol. The molecule has 4 rings (SSSR count). The van der Waals surface area contributed by atoms with Gasteiger partial charge < -0.3 is 10.3 Å². The summed E-state index contributed by atoms with van der Waals surface area (Å²) in [5.74, 6) is 1.26. The Labute approximate surface area is 140 Å². The first-order valence-electron chi connectivity index (χ1n) is 8.28. The van der Waals surface area contributed by atoms with Crippen LogP contribution in [-0.2, 0) is 6.54 Å². The zero-order valence-electron chi connectivity index (χ0n) is 13.5. The van der Waals surface area contributed by atoms with Crippen LogP contribution in [-0.4, -0.2) is 21.1 Å². The van der Waals surface area contributed by atoms with Crippen LogP contribution in [0.4, 0.5) is 5.82 Å². The first-order chi connectivity index (χ1) is 11.8. The molecule has 0 radical (unpaired) electrons. The van der Waals surface area contributed by atoms with Crippen LogP contribution in [0.5, 0.6) is 0 Å². The Morgan fingerprint density at radius 3 is 2.83 bits per heavy atom. The second kappa shape index (κ2) is 6.00. The molecule has 24 heavy (non-hydrogen) atoms. The standard InChI is InChI=1S/C19H20N4O/c1-2-10-20-18-17-16(11-15(21-18)14-8-9-14)23(19(24)22-17)12-13-6-4-3-5-7-13/h2-7,11,14H,1,8-10,12H2,(H,20,21)(H,22,24). The fourth-order valence-electron chi connectivity index (χ4n) is 2.98. The second-order valence-corrected chi connectivity index (χ2v) is 6.24. The molecule has 0 spiro atoms. The highest BCUT2D eigenvalue weighted by Gasteiger charge is 2.27. The number of pyridine rings is 1. The summed E-state index contributed by atoms with van der Waals surface area (Å²) in [6, 6.07) is 12.1. The number of benzene rings is 1. The SMILES string of the molecule is C=CCNc1nc(C2CC2)cc2c1[nH]c(=O)n2Cc1ccccc1. The number of hydrogen-bond acceptors (Lipinski definition) is 3. The maximum absolute atomic E-state index is 12.5. The zero-order valence-corrected chi connectivity index (χ0v) is 13.5. The molecule has 1 aromatic carbocycles. The second-order valence-electron chi connectivity index (χ2n) is 6.24. The van der Waals surface area contributed by atoms with E-state index in [0.717, 1.165) is 28.1 Å². The van der Waals surface area contributed by atoms with Gasteiger partial charge in [-0.2, -0.15) is 0 Å². The van der Waals surface area contributed by atoms with Crippen LogP contribution in [0.3, 0.4) is 0 Å². The van der Waals surface area contributed by atoms with Crippen LogP contribution < -0.4 is 11.0 Å². The third kappa shape index (κ3) is 2.73. The molecule has 0 unspecified atom stereocenters. The van der Waals surface area contributed by atoms with Gasteiger partial charge in [-0.15, -0.1) is 6.58 Å². The number of aromatic nitrogens is 3. The van der Waals surface area contributed by atoms with Gasteiger partial charge >= 0.3 is 5.69 Å². The van der Waals surface area contributed by atoms with Crippen molar-refractivity contribution in [3.05, 3.63) is 70.8 Å². The average Bonchev–Trinajstić information content (AvgIpc) is 3.40. The Bertz CT molecular complexity index is 935. The number of H-pyrrole nitrogens is 1. The maximum Gasteiger partial charge on any atom is 0.326 e. The maximum atomic E-state index is 12.5. The number of hydrogen-bond donors (Lipinski definition) is 2. The lowest BCUT2D eigenvalue weighted by Gasteiger charge is -2.09. The van der Waals surface area contributed by atoms with E-state index in [9.17, 15) is 4.79 Å². The summed E-state index contributed by atoms with van der Waals surface area (Å²) in [5.41, 5.74) is 3.74. The summed E-state index contributed by atoms with van der Waals surface area (Å²) in [5, 5.41) is 3.25. The summed E-state index contributed by atoms with van der Waals surface area (Å²) in [4.78, 5) is 20.2. The van der Waals surface area contributed by atoms with Crippen LogP contribution >= 0.6 is 0 Å². The zero-order chi connectivity index (χ0) is 16.5. The molecule has 122 valence electrons. The summed E-state index contributed by atoms with van der Waals surface area (Å²) in [7, 11) is 0. The molecule has 2 N–H and O–H groups in total. The highest BCUT2D eigenvalue weighted by atomic mass is 16.1. The quantitative estimate of drug-likeness (QED) is 0.685. The van der Waals surface area contributed by atoms with Gasteiger partial charge in [0.05, 0.1) is 12.1 Å². The number of aromatic amines is 1. The van der Waals surface area contributed by atoms with Crippen molar-refractivity contribution in [1.82, 2.24) is 14.5 Å². The molecule has 5 nitrogen and oxygen atoms in total. The molecule has 1 aliphatic rings. The number of nitrogens with zero attached hydrogens (tertiary/aromatic N) is 2. The van der Waals surface area contributed by atoms with Gasteiger partial charge in [-0.05, 0) is 24.5 Å². The van der Waals surface area contributed by atoms with Gasteiger partial charge in [-0.1, -0.05) is 36.4 Å². The Morgan fingerprint density at radius 2 is 2.12 bits per heavy atom. The lowest BCUT2D eigenvalue weighted by Crippen LogP contribution is -2.17. The highest BCUT2D eigenvalue weighted by molar-refractivity contribution is 5.86. The summed E-state index contributed by atoms with van der Waals surface area (Å²) in [6.07, 6.45) is 4.13. The molecule has 2 aromatic heterocycles. The Hall–Kier alpha value is -2.82. The molecule has 2 heterocycles. The molecular weight excluding hydrogens is 300 g/mol. The number of fused-ring (bicyclic) bond motifs is 1. The lowest BCUT2D eigenvalue weighted by molar-refractivity contribution is 0.786. The lowest BCUT2D eigenvalue weighted by atomic mass is 10.2. The van der Waals surface area contributed by atoms with Gasteiger partial charge in [0.1, 0.15) is 5.52 Å². The molecule has 0 saturated heterocycles. The van der Waals surface area contributed by atoms with Crippen LogP contribution in [0.2, 0.25) is 0 Å². The third-order valence-electron chi connectivity index (χ3n) is 4.38. The largest absolute Gasteiger partial charge is 0.365 e. The normalized spacial score (nSPS) is 14.0. The Morgan fingerprint density at radius 1 is 1.33 bits per heavy atom. The van der Waals surface area contributed by atoms with Crippen LogP contribution in [0, 0.1) is 0 Å². The minimum atomic E-state index is -0.106. The van der Waals surface area contributed by atoms with E-state index >= 15 is 0 Å². The van der Waals surface area contributed by atoms with E-state index in [0.29, 0.717) is 19.0 Å². The van der Waals surface area contributed by atoms with Crippen molar-refractivity contribution >= 4 is 16.9 Å². The summed E-state index contributed by atoms with van der Waals surface area (Å²) < 4.78 is 1.79. The molecule has 5 heteroatoms. The van der Waals surface area contributed by atoms with Crippen molar-refractivity contribution < 1.29 is 0 Å². The smallest absolute Gasteiger partial charge is 0.326 e. The predicted octanol–water partition coefficient (Wildman–Crippen LogP) is 3.25. The van der Waals surface area contributed by atoms with Gasteiger partial charge in [0.15, 0.2) is 5.82 Å². The van der Waals surface area contributed by atoms with E-state index < -0.39 is 0 Å². The first kappa shape index (κ1) is 14.8. The molecule has 3 aromatic rings. The molecule has 1 aliphatic carbocycles. The van der Waals surface area contributed by atoms with Gasteiger partial charge in [-0.3, -0.25) is 4.57 Å². The van der Waals surface area contributed by atoms with Crippen LogP contribution in [0.15, 0.2) is 53.8 Å². The minimum absolute atomic E-state index is 0.106. The topological polar surface area (TPSA) is 62.7 Å². The van der Waals surface area contributed by atoms with E-state index in [1.54, 1.807) is 10.6 Å². The fraction of sp³-hybridized carbons (Fsp3) is 0.263. The average molecular weight is 320 g/mol. The third-order valence-corrected chi connectivity index (χ3v) is 4.38. The van der Waals surface area contributed by atoms with Crippen LogP contribution in [0.1, 0.15) is 30.0 Å². The van der Waals surface area contributed by atoms with E-state index in [4.69, 9.17) is 4.98 Å². The van der Waals surface area contributed by atoms with E-state index in [2.05, 4.69) is 22.9 Å². The van der Waals surface area contributed by atoms with Crippen molar-refractivity contribution in [3.63, 3.8) is 0 Å². The molecular formula is C19H20N4O. The highest BCUT2D eigenvalue weighted by Crippen LogP contribution is 2.40. The van der Waals surface area contributed by atoms with E-state index in [-0.39, 0.29) is 5.69 Å². The molecule has 0 amide bonds. The van der Waals surface area contributed by atoms with Gasteiger partial charge in [0.25, 0.3) is 0 Å². The molecule has 0 bridgehead atoms. The van der Waals surface area contributed by atoms with Gasteiger partial charge in [0.2, 0.25) is 0 Å². The number of imidazole rings is 1. The molecule has 1 fully saturated rings. The summed E-state index contributed by atoms with van der Waals surface area (Å²) in [6.45, 7) is 4.90. The minimum Gasteiger partial charge on any atom is -0.365 e. The first-order valence-corrected chi connectivity index (χ1v) is 8.28.